The van der Waals surface area contributed by atoms with Gasteiger partial charge in [-0.25, -0.2) is 15.0 Å². The molecule has 208 valence electrons. The fourth-order valence-electron chi connectivity index (χ4n) is 4.64. The van der Waals surface area contributed by atoms with Crippen LogP contribution in [0.2, 0.25) is 0 Å². The summed E-state index contributed by atoms with van der Waals surface area (Å²) in [6.07, 6.45) is -3.39. The van der Waals surface area contributed by atoms with Crippen LogP contribution in [0.25, 0.3) is 33.7 Å². The predicted molar refractivity (Wildman–Crippen MR) is 145 cm³/mol. The van der Waals surface area contributed by atoms with Crippen molar-refractivity contribution < 1.29 is 18.0 Å². The van der Waals surface area contributed by atoms with E-state index in [2.05, 4.69) is 42.1 Å². The second kappa shape index (κ2) is 11.1. The van der Waals surface area contributed by atoms with E-state index < -0.39 is 23.2 Å². The fraction of sp³-hybridized carbons (Fsp3) is 0.321. The smallest absolute Gasteiger partial charge is 0.351 e. The number of hydrogen-bond donors (Lipinski definition) is 2. The molecule has 1 aliphatic heterocycles. The molecule has 1 amide bonds. The number of pyridine rings is 2. The molecule has 4 aromatic rings. The molecule has 5 rings (SSSR count). The standard InChI is InChI=1S/C28H28F3N7O2/c1-17-14-19(15-21(34-17)28(29,30)31)23-22(18-6-4-3-5-7-18)36-26-24(35-23)25(39)20(16-33-26)27(40)32-8-9-38-12-10-37(2)11-13-38/h3-7,14-16H,8-13H2,1-2H3,(H,32,40)(H,33,36,39). The van der Waals surface area contributed by atoms with Crippen LogP contribution in [-0.2, 0) is 6.18 Å². The number of piperazine rings is 1. The zero-order valence-corrected chi connectivity index (χ0v) is 22.0. The van der Waals surface area contributed by atoms with Crippen molar-refractivity contribution in [3.63, 3.8) is 0 Å². The number of aromatic nitrogens is 4. The minimum absolute atomic E-state index is 0.0767. The Morgan fingerprint density at radius 1 is 1.00 bits per heavy atom. The van der Waals surface area contributed by atoms with Gasteiger partial charge in [0, 0.05) is 62.3 Å². The molecule has 9 nitrogen and oxygen atoms in total. The molecule has 2 N–H and O–H groups in total. The van der Waals surface area contributed by atoms with Crippen molar-refractivity contribution >= 4 is 17.1 Å². The predicted octanol–water partition coefficient (Wildman–Crippen LogP) is 3.35. The highest BCUT2D eigenvalue weighted by Crippen LogP contribution is 2.34. The Balaban J connectivity index is 1.53. The summed E-state index contributed by atoms with van der Waals surface area (Å²) in [5, 5.41) is 2.78. The first-order valence-corrected chi connectivity index (χ1v) is 12.8. The van der Waals surface area contributed by atoms with Crippen LogP contribution in [0.15, 0.2) is 53.5 Å². The number of hydrogen-bond acceptors (Lipinski definition) is 7. The number of carbonyl (C=O) groups excluding carboxylic acids is 1. The highest BCUT2D eigenvalue weighted by Gasteiger charge is 2.33. The average Bonchev–Trinajstić information content (AvgIpc) is 2.93. The summed E-state index contributed by atoms with van der Waals surface area (Å²) in [5.74, 6) is -0.563. The summed E-state index contributed by atoms with van der Waals surface area (Å²) in [4.78, 5) is 46.3. The SMILES string of the molecule is Cc1cc(-c2nc3c(=O)c(C(=O)NCCN4CCN(C)CC4)c[nH]c3nc2-c2ccccc2)cc(C(F)(F)F)n1. The van der Waals surface area contributed by atoms with Gasteiger partial charge < -0.3 is 15.2 Å². The van der Waals surface area contributed by atoms with Crippen LogP contribution in [0.3, 0.4) is 0 Å². The number of nitrogens with zero attached hydrogens (tertiary/aromatic N) is 5. The molecule has 0 aliphatic carbocycles. The van der Waals surface area contributed by atoms with E-state index in [9.17, 15) is 22.8 Å². The molecule has 3 aromatic heterocycles. The molecule has 1 saturated heterocycles. The highest BCUT2D eigenvalue weighted by molar-refractivity contribution is 5.96. The molecule has 12 heteroatoms. The van der Waals surface area contributed by atoms with Gasteiger partial charge in [-0.1, -0.05) is 30.3 Å². The van der Waals surface area contributed by atoms with Gasteiger partial charge in [-0.3, -0.25) is 14.5 Å². The lowest BCUT2D eigenvalue weighted by Gasteiger charge is -2.32. The number of rotatable bonds is 6. The molecule has 0 atom stereocenters. The van der Waals surface area contributed by atoms with Gasteiger partial charge in [0.1, 0.15) is 11.3 Å². The summed E-state index contributed by atoms with van der Waals surface area (Å²) in [5.41, 5.74) is -0.732. The third kappa shape index (κ3) is 5.87. The van der Waals surface area contributed by atoms with E-state index in [1.165, 1.54) is 19.2 Å². The van der Waals surface area contributed by atoms with E-state index in [4.69, 9.17) is 0 Å². The third-order valence-corrected chi connectivity index (χ3v) is 6.83. The van der Waals surface area contributed by atoms with E-state index in [-0.39, 0.29) is 39.4 Å². The minimum atomic E-state index is -4.68. The molecule has 40 heavy (non-hydrogen) atoms. The molecule has 1 aliphatic rings. The van der Waals surface area contributed by atoms with Crippen LogP contribution in [0.5, 0.6) is 0 Å². The van der Waals surface area contributed by atoms with Crippen LogP contribution < -0.4 is 10.7 Å². The van der Waals surface area contributed by atoms with E-state index in [1.54, 1.807) is 30.3 Å². The van der Waals surface area contributed by atoms with Gasteiger partial charge in [-0.05, 0) is 26.1 Å². The van der Waals surface area contributed by atoms with Crippen LogP contribution in [0.4, 0.5) is 13.2 Å². The summed E-state index contributed by atoms with van der Waals surface area (Å²) in [7, 11) is 2.06. The van der Waals surface area contributed by atoms with Crippen molar-refractivity contribution in [1.29, 1.82) is 0 Å². The van der Waals surface area contributed by atoms with Crippen molar-refractivity contribution in [2.45, 2.75) is 13.1 Å². The van der Waals surface area contributed by atoms with Crippen molar-refractivity contribution in [2.75, 3.05) is 46.3 Å². The van der Waals surface area contributed by atoms with Crippen molar-refractivity contribution in [3.8, 4) is 22.5 Å². The van der Waals surface area contributed by atoms with Crippen LogP contribution in [-0.4, -0.2) is 82.0 Å². The topological polar surface area (TPSA) is 107 Å². The van der Waals surface area contributed by atoms with Gasteiger partial charge in [0.2, 0.25) is 5.43 Å². The molecule has 1 fully saturated rings. The van der Waals surface area contributed by atoms with Crippen molar-refractivity contribution in [2.24, 2.45) is 0 Å². The molecule has 0 bridgehead atoms. The maximum Gasteiger partial charge on any atom is 0.433 e. The monoisotopic (exact) mass is 551 g/mol. The quantitative estimate of drug-likeness (QED) is 0.379. The van der Waals surface area contributed by atoms with Gasteiger partial charge in [0.05, 0.1) is 11.4 Å². The lowest BCUT2D eigenvalue weighted by atomic mass is 10.0. The van der Waals surface area contributed by atoms with Gasteiger partial charge in [0.25, 0.3) is 5.91 Å². The Labute approximate surface area is 228 Å². The number of aromatic amines is 1. The average molecular weight is 552 g/mol. The van der Waals surface area contributed by atoms with Gasteiger partial charge in [-0.2, -0.15) is 13.2 Å². The summed E-state index contributed by atoms with van der Waals surface area (Å²) in [6.45, 7) is 6.16. The molecule has 1 aromatic carbocycles. The molecule has 0 spiro atoms. The highest BCUT2D eigenvalue weighted by atomic mass is 19.4. The first-order chi connectivity index (χ1) is 19.1. The number of halogens is 3. The summed E-state index contributed by atoms with van der Waals surface area (Å²) < 4.78 is 40.7. The normalized spacial score (nSPS) is 14.9. The number of aryl methyl sites for hydroxylation is 1. The Morgan fingerprint density at radius 2 is 1.70 bits per heavy atom. The maximum absolute atomic E-state index is 13.6. The van der Waals surface area contributed by atoms with Gasteiger partial charge in [0.15, 0.2) is 11.2 Å². The van der Waals surface area contributed by atoms with Crippen molar-refractivity contribution in [3.05, 3.63) is 75.8 Å². The number of carbonyl (C=O) groups is 1. The van der Waals surface area contributed by atoms with Gasteiger partial charge >= 0.3 is 6.18 Å². The zero-order valence-electron chi connectivity index (χ0n) is 22.0. The van der Waals surface area contributed by atoms with Crippen LogP contribution in [0.1, 0.15) is 21.7 Å². The molecular formula is C28H28F3N7O2. The number of likely N-dealkylation sites (N-methyl/N-ethyl adjacent to an activating group) is 1. The summed E-state index contributed by atoms with van der Waals surface area (Å²) >= 11 is 0. The number of alkyl halides is 3. The molecule has 0 radical (unpaired) electrons. The first kappa shape index (κ1) is 27.4. The molecular weight excluding hydrogens is 523 g/mol. The van der Waals surface area contributed by atoms with E-state index in [0.29, 0.717) is 18.7 Å². The lowest BCUT2D eigenvalue weighted by molar-refractivity contribution is -0.141. The van der Waals surface area contributed by atoms with E-state index in [1.807, 2.05) is 0 Å². The molecule has 0 unspecified atom stereocenters. The number of H-pyrrole nitrogens is 1. The Hall–Kier alpha value is -4.16. The maximum atomic E-state index is 13.6. The number of benzene rings is 1. The Kier molecular flexibility index (Phi) is 7.63. The van der Waals surface area contributed by atoms with E-state index >= 15 is 0 Å². The lowest BCUT2D eigenvalue weighted by Crippen LogP contribution is -2.47. The second-order valence-electron chi connectivity index (χ2n) is 9.80. The van der Waals surface area contributed by atoms with E-state index in [0.717, 1.165) is 32.2 Å². The molecule has 4 heterocycles. The van der Waals surface area contributed by atoms with Crippen LogP contribution >= 0.6 is 0 Å². The largest absolute Gasteiger partial charge is 0.433 e. The third-order valence-electron chi connectivity index (χ3n) is 6.83. The molecule has 0 saturated carbocycles. The number of amides is 1. The number of fused-ring (bicyclic) bond motifs is 1. The second-order valence-corrected chi connectivity index (χ2v) is 9.80. The fourth-order valence-corrected chi connectivity index (χ4v) is 4.64. The van der Waals surface area contributed by atoms with Crippen LogP contribution in [0, 0.1) is 6.92 Å². The zero-order chi connectivity index (χ0) is 28.4. The van der Waals surface area contributed by atoms with Gasteiger partial charge in [-0.15, -0.1) is 0 Å². The summed E-state index contributed by atoms with van der Waals surface area (Å²) in [6, 6.07) is 11.2. The number of nitrogens with one attached hydrogen (secondary N) is 2. The Morgan fingerprint density at radius 3 is 2.40 bits per heavy atom. The Bertz CT molecular complexity index is 1600. The minimum Gasteiger partial charge on any atom is -0.351 e. The van der Waals surface area contributed by atoms with Crippen molar-refractivity contribution in [1.82, 2.24) is 35.1 Å². The first-order valence-electron chi connectivity index (χ1n) is 12.8.